The van der Waals surface area contributed by atoms with Crippen LogP contribution in [-0.4, -0.2) is 43.9 Å². The van der Waals surface area contributed by atoms with Crippen LogP contribution in [0.1, 0.15) is 6.42 Å². The van der Waals surface area contributed by atoms with Gasteiger partial charge in [-0.3, -0.25) is 14.4 Å². The Morgan fingerprint density at radius 1 is 1.10 bits per heavy atom. The van der Waals surface area contributed by atoms with E-state index in [2.05, 4.69) is 10.6 Å². The molecule has 0 bridgehead atoms. The summed E-state index contributed by atoms with van der Waals surface area (Å²) in [6.45, 7) is 1.80. The van der Waals surface area contributed by atoms with Crippen molar-refractivity contribution in [3.63, 3.8) is 0 Å². The first-order chi connectivity index (χ1) is 14.0. The van der Waals surface area contributed by atoms with Crippen LogP contribution in [0, 0.1) is 5.92 Å². The largest absolute Gasteiger partial charge is 0.359 e. The third kappa shape index (κ3) is 4.19. The quantitative estimate of drug-likeness (QED) is 0.807. The van der Waals surface area contributed by atoms with Crippen molar-refractivity contribution in [3.05, 3.63) is 53.6 Å². The van der Waals surface area contributed by atoms with E-state index in [-0.39, 0.29) is 30.7 Å². The number of carbonyl (C=O) groups excluding carboxylic acids is 3. The molecule has 2 fully saturated rings. The van der Waals surface area contributed by atoms with Crippen LogP contribution in [0.15, 0.2) is 48.5 Å². The van der Waals surface area contributed by atoms with Gasteiger partial charge in [-0.05, 0) is 36.4 Å². The Hall–Kier alpha value is -3.06. The number of hydrogen-bond acceptors (Lipinski definition) is 4. The van der Waals surface area contributed by atoms with Crippen molar-refractivity contribution in [1.82, 2.24) is 5.32 Å². The van der Waals surface area contributed by atoms with Crippen LogP contribution in [0.5, 0.6) is 0 Å². The van der Waals surface area contributed by atoms with Gasteiger partial charge in [0.25, 0.3) is 0 Å². The molecule has 2 aliphatic rings. The highest BCUT2D eigenvalue weighted by molar-refractivity contribution is 6.30. The van der Waals surface area contributed by atoms with Crippen molar-refractivity contribution >= 4 is 46.4 Å². The number of anilines is 3. The molecule has 2 aliphatic heterocycles. The molecule has 2 heterocycles. The molecule has 150 valence electrons. The first-order valence-corrected chi connectivity index (χ1v) is 9.86. The van der Waals surface area contributed by atoms with Crippen LogP contribution in [0.3, 0.4) is 0 Å². The number of para-hydroxylation sites is 2. The van der Waals surface area contributed by atoms with Gasteiger partial charge in [0.15, 0.2) is 0 Å². The maximum atomic E-state index is 12.9. The van der Waals surface area contributed by atoms with Gasteiger partial charge in [0.05, 0.1) is 23.8 Å². The predicted molar refractivity (Wildman–Crippen MR) is 112 cm³/mol. The van der Waals surface area contributed by atoms with E-state index in [1.807, 2.05) is 29.2 Å². The minimum absolute atomic E-state index is 0.0441. The number of nitrogens with one attached hydrogen (secondary N) is 2. The average molecular weight is 413 g/mol. The zero-order valence-electron chi connectivity index (χ0n) is 15.7. The molecule has 0 saturated carbocycles. The third-order valence-corrected chi connectivity index (χ3v) is 5.43. The Balaban J connectivity index is 1.47. The number of halogens is 1. The number of carbonyl (C=O) groups is 3. The number of piperazine rings is 1. The summed E-state index contributed by atoms with van der Waals surface area (Å²) in [6, 6.07) is 14.4. The van der Waals surface area contributed by atoms with Crippen LogP contribution in [0.25, 0.3) is 0 Å². The number of nitrogens with zero attached hydrogens (tertiary/aromatic N) is 2. The highest BCUT2D eigenvalue weighted by Gasteiger charge is 2.35. The molecule has 2 aromatic rings. The second kappa shape index (κ2) is 8.13. The van der Waals surface area contributed by atoms with Crippen LogP contribution in [-0.2, 0) is 14.4 Å². The summed E-state index contributed by atoms with van der Waals surface area (Å²) in [4.78, 5) is 40.6. The average Bonchev–Trinajstić information content (AvgIpc) is 3.11. The molecule has 7 nitrogen and oxygen atoms in total. The molecule has 0 aliphatic carbocycles. The monoisotopic (exact) mass is 412 g/mol. The molecule has 0 aromatic heterocycles. The number of rotatable bonds is 4. The molecule has 8 heteroatoms. The molecular formula is C21H21ClN4O3. The molecule has 3 amide bonds. The van der Waals surface area contributed by atoms with E-state index in [0.29, 0.717) is 30.3 Å². The Bertz CT molecular complexity index is 947. The third-order valence-electron chi connectivity index (χ3n) is 5.18. The van der Waals surface area contributed by atoms with Gasteiger partial charge in [-0.1, -0.05) is 23.7 Å². The minimum atomic E-state index is -0.448. The van der Waals surface area contributed by atoms with Crippen LogP contribution >= 0.6 is 11.6 Å². The van der Waals surface area contributed by atoms with Gasteiger partial charge in [0.2, 0.25) is 17.7 Å². The second-order valence-electron chi connectivity index (χ2n) is 7.16. The van der Waals surface area contributed by atoms with Gasteiger partial charge in [-0.2, -0.15) is 0 Å². The molecule has 29 heavy (non-hydrogen) atoms. The Morgan fingerprint density at radius 2 is 1.86 bits per heavy atom. The fourth-order valence-corrected chi connectivity index (χ4v) is 3.81. The topological polar surface area (TPSA) is 81.8 Å². The molecule has 0 radical (unpaired) electrons. The van der Waals surface area contributed by atoms with E-state index >= 15 is 0 Å². The molecule has 1 atom stereocenters. The Morgan fingerprint density at radius 3 is 2.62 bits per heavy atom. The normalized spacial score (nSPS) is 19.3. The lowest BCUT2D eigenvalue weighted by Gasteiger charge is -2.30. The summed E-state index contributed by atoms with van der Waals surface area (Å²) in [5.74, 6) is -0.787. The molecule has 2 aromatic carbocycles. The zero-order valence-corrected chi connectivity index (χ0v) is 16.5. The Labute approximate surface area is 173 Å². The van der Waals surface area contributed by atoms with Gasteiger partial charge in [0, 0.05) is 36.8 Å². The fraction of sp³-hybridized carbons (Fsp3) is 0.286. The highest BCUT2D eigenvalue weighted by atomic mass is 35.5. The van der Waals surface area contributed by atoms with Gasteiger partial charge in [-0.15, -0.1) is 0 Å². The molecule has 2 N–H and O–H groups in total. The van der Waals surface area contributed by atoms with Crippen molar-refractivity contribution < 1.29 is 14.4 Å². The van der Waals surface area contributed by atoms with E-state index in [1.165, 1.54) is 0 Å². The highest BCUT2D eigenvalue weighted by Crippen LogP contribution is 2.30. The summed E-state index contributed by atoms with van der Waals surface area (Å²) >= 11 is 5.92. The lowest BCUT2D eigenvalue weighted by atomic mass is 10.1. The van der Waals surface area contributed by atoms with E-state index < -0.39 is 5.92 Å². The van der Waals surface area contributed by atoms with E-state index in [1.54, 1.807) is 29.2 Å². The van der Waals surface area contributed by atoms with Crippen molar-refractivity contribution in [2.45, 2.75) is 6.42 Å². The van der Waals surface area contributed by atoms with Crippen molar-refractivity contribution in [3.8, 4) is 0 Å². The predicted octanol–water partition coefficient (Wildman–Crippen LogP) is 2.27. The SMILES string of the molecule is O=C1CN(c2ccccc2NC(=O)C2CC(=O)N(c3ccc(Cl)cc3)C2)CCN1. The summed E-state index contributed by atoms with van der Waals surface area (Å²) in [5, 5.41) is 6.35. The van der Waals surface area contributed by atoms with Crippen molar-refractivity contribution in [2.75, 3.05) is 41.3 Å². The standard InChI is InChI=1S/C21H21ClN4O3/c22-15-5-7-16(8-6-15)26-12-14(11-20(26)28)21(29)24-17-3-1-2-4-18(17)25-10-9-23-19(27)13-25/h1-8,14H,9-13H2,(H,23,27)(H,24,29). The maximum Gasteiger partial charge on any atom is 0.239 e. The van der Waals surface area contributed by atoms with Gasteiger partial charge in [0.1, 0.15) is 0 Å². The summed E-state index contributed by atoms with van der Waals surface area (Å²) in [7, 11) is 0. The summed E-state index contributed by atoms with van der Waals surface area (Å²) < 4.78 is 0. The summed E-state index contributed by atoms with van der Waals surface area (Å²) in [6.07, 6.45) is 0.156. The lowest BCUT2D eigenvalue weighted by molar-refractivity contribution is -0.122. The van der Waals surface area contributed by atoms with Gasteiger partial charge in [-0.25, -0.2) is 0 Å². The number of benzene rings is 2. The minimum Gasteiger partial charge on any atom is -0.359 e. The van der Waals surface area contributed by atoms with Gasteiger partial charge >= 0.3 is 0 Å². The molecule has 0 spiro atoms. The fourth-order valence-electron chi connectivity index (χ4n) is 3.69. The maximum absolute atomic E-state index is 12.9. The van der Waals surface area contributed by atoms with Crippen molar-refractivity contribution in [2.24, 2.45) is 5.92 Å². The van der Waals surface area contributed by atoms with E-state index in [0.717, 1.165) is 11.4 Å². The first-order valence-electron chi connectivity index (χ1n) is 9.49. The smallest absolute Gasteiger partial charge is 0.239 e. The molecule has 1 unspecified atom stereocenters. The number of hydrogen-bond donors (Lipinski definition) is 2. The van der Waals surface area contributed by atoms with Gasteiger partial charge < -0.3 is 20.4 Å². The van der Waals surface area contributed by atoms with Crippen LogP contribution in [0.4, 0.5) is 17.1 Å². The molecule has 4 rings (SSSR count). The van der Waals surface area contributed by atoms with E-state index in [4.69, 9.17) is 11.6 Å². The van der Waals surface area contributed by atoms with E-state index in [9.17, 15) is 14.4 Å². The summed E-state index contributed by atoms with van der Waals surface area (Å²) in [5.41, 5.74) is 2.17. The molecular weight excluding hydrogens is 392 g/mol. The van der Waals surface area contributed by atoms with Crippen LogP contribution < -0.4 is 20.4 Å². The first kappa shape index (κ1) is 19.3. The zero-order chi connectivity index (χ0) is 20.4. The van der Waals surface area contributed by atoms with Crippen molar-refractivity contribution in [1.29, 1.82) is 0 Å². The second-order valence-corrected chi connectivity index (χ2v) is 7.60. The number of amides is 3. The molecule has 2 saturated heterocycles. The lowest BCUT2D eigenvalue weighted by Crippen LogP contribution is -2.48. The van der Waals surface area contributed by atoms with Crippen LogP contribution in [0.2, 0.25) is 5.02 Å². The Kier molecular flexibility index (Phi) is 5.40.